The summed E-state index contributed by atoms with van der Waals surface area (Å²) in [4.78, 5) is 28.6. The average molecular weight is 342 g/mol. The molecule has 2 fully saturated rings. The van der Waals surface area contributed by atoms with Gasteiger partial charge in [-0.1, -0.05) is 42.5 Å². The third-order valence-electron chi connectivity index (χ3n) is 5.40. The van der Waals surface area contributed by atoms with Gasteiger partial charge in [-0.15, -0.1) is 0 Å². The van der Waals surface area contributed by atoms with Crippen LogP contribution in [0.25, 0.3) is 0 Å². The van der Waals surface area contributed by atoms with E-state index in [9.17, 15) is 14.7 Å². The molecule has 3 heterocycles. The van der Waals surface area contributed by atoms with Crippen LogP contribution >= 0.6 is 0 Å². The summed E-state index contributed by atoms with van der Waals surface area (Å²) in [5, 5.41) is 9.47. The van der Waals surface area contributed by atoms with Gasteiger partial charge in [0, 0.05) is 32.7 Å². The van der Waals surface area contributed by atoms with Crippen LogP contribution in [0, 0.1) is 11.8 Å². The number of carboxylic acid groups (broad SMARTS) is 1. The van der Waals surface area contributed by atoms with Crippen LogP contribution in [-0.4, -0.2) is 65.2 Å². The maximum atomic E-state index is 12.9. The summed E-state index contributed by atoms with van der Waals surface area (Å²) in [6.07, 6.45) is 2.75. The first kappa shape index (κ1) is 16.3. The normalized spacial score (nSPS) is 31.4. The number of fused-ring (bicyclic) bond motifs is 2. The van der Waals surface area contributed by atoms with E-state index in [0.29, 0.717) is 13.1 Å². The van der Waals surface area contributed by atoms with Gasteiger partial charge in [-0.25, -0.2) is 0 Å². The highest BCUT2D eigenvalue weighted by atomic mass is 16.5. The number of piperazine rings is 1. The van der Waals surface area contributed by atoms with Crippen molar-refractivity contribution in [3.05, 3.63) is 48.0 Å². The number of amides is 1. The van der Waals surface area contributed by atoms with Crippen LogP contribution in [0.1, 0.15) is 5.56 Å². The summed E-state index contributed by atoms with van der Waals surface area (Å²) < 4.78 is 5.62. The number of benzene rings is 1. The van der Waals surface area contributed by atoms with Gasteiger partial charge in [-0.3, -0.25) is 14.5 Å². The van der Waals surface area contributed by atoms with Crippen LogP contribution < -0.4 is 0 Å². The molecule has 0 aliphatic carbocycles. The minimum Gasteiger partial charge on any atom is -0.481 e. The van der Waals surface area contributed by atoms with Crippen LogP contribution in [0.5, 0.6) is 0 Å². The van der Waals surface area contributed by atoms with E-state index in [1.54, 1.807) is 11.0 Å². The first-order valence-electron chi connectivity index (χ1n) is 8.75. The Bertz CT molecular complexity index is 682. The van der Waals surface area contributed by atoms with Crippen molar-refractivity contribution in [2.75, 3.05) is 26.2 Å². The predicted molar refractivity (Wildman–Crippen MR) is 90.7 cm³/mol. The Hall–Kier alpha value is -2.18. The van der Waals surface area contributed by atoms with Gasteiger partial charge in [-0.2, -0.15) is 0 Å². The third kappa shape index (κ3) is 3.07. The highest BCUT2D eigenvalue weighted by molar-refractivity contribution is 5.87. The van der Waals surface area contributed by atoms with Crippen molar-refractivity contribution < 1.29 is 19.4 Å². The van der Waals surface area contributed by atoms with E-state index in [2.05, 4.69) is 17.0 Å². The zero-order chi connectivity index (χ0) is 17.4. The quantitative estimate of drug-likeness (QED) is 0.826. The first-order chi connectivity index (χ1) is 12.1. The molecular formula is C19H22N2O4. The van der Waals surface area contributed by atoms with Crippen molar-refractivity contribution in [1.82, 2.24) is 9.80 Å². The van der Waals surface area contributed by atoms with Gasteiger partial charge in [0.2, 0.25) is 5.91 Å². The zero-order valence-electron chi connectivity index (χ0n) is 14.0. The topological polar surface area (TPSA) is 70.1 Å². The Morgan fingerprint density at radius 3 is 2.28 bits per heavy atom. The molecule has 0 aromatic heterocycles. The molecule has 3 aliphatic rings. The molecular weight excluding hydrogens is 320 g/mol. The van der Waals surface area contributed by atoms with Crippen molar-refractivity contribution in [1.29, 1.82) is 0 Å². The third-order valence-corrected chi connectivity index (χ3v) is 5.40. The molecule has 1 aromatic carbocycles. The van der Waals surface area contributed by atoms with Crippen molar-refractivity contribution in [3.8, 4) is 0 Å². The van der Waals surface area contributed by atoms with Gasteiger partial charge < -0.3 is 14.7 Å². The largest absolute Gasteiger partial charge is 0.481 e. The smallest absolute Gasteiger partial charge is 0.310 e. The Labute approximate surface area is 146 Å². The first-order valence-corrected chi connectivity index (χ1v) is 8.75. The van der Waals surface area contributed by atoms with Crippen LogP contribution in [0.4, 0.5) is 0 Å². The molecule has 3 aliphatic heterocycles. The second kappa shape index (κ2) is 6.61. The van der Waals surface area contributed by atoms with Crippen molar-refractivity contribution in [2.24, 2.45) is 11.8 Å². The van der Waals surface area contributed by atoms with Crippen molar-refractivity contribution in [2.45, 2.75) is 18.8 Å². The van der Waals surface area contributed by atoms with E-state index in [4.69, 9.17) is 4.74 Å². The highest BCUT2D eigenvalue weighted by Crippen LogP contribution is 2.40. The van der Waals surface area contributed by atoms with Crippen LogP contribution in [-0.2, 0) is 20.9 Å². The molecule has 0 saturated carbocycles. The fraction of sp³-hybridized carbons (Fsp3) is 0.474. The van der Waals surface area contributed by atoms with Crippen LogP contribution in [0.15, 0.2) is 42.5 Å². The molecule has 2 bridgehead atoms. The maximum Gasteiger partial charge on any atom is 0.310 e. The molecule has 0 unspecified atom stereocenters. The summed E-state index contributed by atoms with van der Waals surface area (Å²) in [6.45, 7) is 3.75. The Morgan fingerprint density at radius 2 is 1.64 bits per heavy atom. The van der Waals surface area contributed by atoms with Crippen LogP contribution in [0.3, 0.4) is 0 Å². The number of nitrogens with zero attached hydrogens (tertiary/aromatic N) is 2. The summed E-state index contributed by atoms with van der Waals surface area (Å²) >= 11 is 0. The standard InChI is InChI=1S/C19H22N2O4/c22-18(16-14-6-7-15(25-14)17(16)19(23)24)21-10-8-20(9-11-21)12-13-4-2-1-3-5-13/h1-7,14-17H,8-12H2,(H,23,24)/t14-,15-,16+,17-/m1/s1. The van der Waals surface area contributed by atoms with Gasteiger partial charge in [-0.05, 0) is 5.56 Å². The van der Waals surface area contributed by atoms with Crippen molar-refractivity contribution in [3.63, 3.8) is 0 Å². The Morgan fingerprint density at radius 1 is 1.00 bits per heavy atom. The van der Waals surface area contributed by atoms with E-state index in [0.717, 1.165) is 19.6 Å². The lowest BCUT2D eigenvalue weighted by Gasteiger charge is -2.37. The lowest BCUT2D eigenvalue weighted by Crippen LogP contribution is -2.52. The molecule has 4 atom stereocenters. The predicted octanol–water partition coefficient (Wildman–Crippen LogP) is 0.985. The second-order valence-electron chi connectivity index (χ2n) is 6.93. The van der Waals surface area contributed by atoms with Crippen molar-refractivity contribution >= 4 is 11.9 Å². The molecule has 1 amide bonds. The average Bonchev–Trinajstić information content (AvgIpc) is 3.24. The molecule has 6 heteroatoms. The summed E-state index contributed by atoms with van der Waals surface area (Å²) in [5.41, 5.74) is 1.26. The Balaban J connectivity index is 1.37. The maximum absolute atomic E-state index is 12.9. The SMILES string of the molecule is O=C(O)[C@H]1[C@@H](C(=O)N2CCN(Cc3ccccc3)CC2)[C@H]2C=C[C@H]1O2. The van der Waals surface area contributed by atoms with Gasteiger partial charge >= 0.3 is 5.97 Å². The summed E-state index contributed by atoms with van der Waals surface area (Å²) in [7, 11) is 0. The molecule has 0 spiro atoms. The van der Waals surface area contributed by atoms with E-state index < -0.39 is 23.9 Å². The van der Waals surface area contributed by atoms with Crippen LogP contribution in [0.2, 0.25) is 0 Å². The van der Waals surface area contributed by atoms with E-state index in [-0.39, 0.29) is 12.0 Å². The lowest BCUT2D eigenvalue weighted by atomic mass is 9.82. The summed E-state index contributed by atoms with van der Waals surface area (Å²) in [6, 6.07) is 10.3. The highest BCUT2D eigenvalue weighted by Gasteiger charge is 2.54. The van der Waals surface area contributed by atoms with Gasteiger partial charge in [0.05, 0.1) is 18.1 Å². The number of ether oxygens (including phenoxy) is 1. The number of aliphatic carboxylic acids is 1. The number of hydrogen-bond donors (Lipinski definition) is 1. The molecule has 0 radical (unpaired) electrons. The fourth-order valence-corrected chi connectivity index (χ4v) is 4.08. The monoisotopic (exact) mass is 342 g/mol. The Kier molecular flexibility index (Phi) is 4.31. The molecule has 25 heavy (non-hydrogen) atoms. The molecule has 4 rings (SSSR count). The minimum atomic E-state index is -0.946. The number of rotatable bonds is 4. The molecule has 132 valence electrons. The number of hydrogen-bond acceptors (Lipinski definition) is 4. The van der Waals surface area contributed by atoms with Gasteiger partial charge in [0.15, 0.2) is 0 Å². The van der Waals surface area contributed by atoms with Gasteiger partial charge in [0.25, 0.3) is 0 Å². The van der Waals surface area contributed by atoms with E-state index in [1.807, 2.05) is 24.3 Å². The zero-order valence-corrected chi connectivity index (χ0v) is 14.0. The van der Waals surface area contributed by atoms with E-state index >= 15 is 0 Å². The molecule has 1 N–H and O–H groups in total. The fourth-order valence-electron chi connectivity index (χ4n) is 4.08. The second-order valence-corrected chi connectivity index (χ2v) is 6.93. The molecule has 2 saturated heterocycles. The summed E-state index contributed by atoms with van der Waals surface area (Å²) in [5.74, 6) is -2.38. The number of carboxylic acids is 1. The number of carbonyl (C=O) groups is 2. The number of carbonyl (C=O) groups excluding carboxylic acids is 1. The van der Waals surface area contributed by atoms with E-state index in [1.165, 1.54) is 5.56 Å². The lowest BCUT2D eigenvalue weighted by molar-refractivity contribution is -0.150. The molecule has 6 nitrogen and oxygen atoms in total. The molecule has 1 aromatic rings. The minimum absolute atomic E-state index is 0.0800. The van der Waals surface area contributed by atoms with Gasteiger partial charge in [0.1, 0.15) is 5.92 Å².